The Labute approximate surface area is 148 Å². The number of aromatic nitrogens is 2. The van der Waals surface area contributed by atoms with Gasteiger partial charge >= 0.3 is 0 Å². The molecule has 6 heteroatoms. The van der Waals surface area contributed by atoms with Gasteiger partial charge in [0.05, 0.1) is 12.0 Å². The summed E-state index contributed by atoms with van der Waals surface area (Å²) in [4.78, 5) is 15.2. The SMILES string of the molecule is CCSc1nccc(Oc2cc(C)c(N=CN(C)CC)cc2C)n1. The third-order valence-corrected chi connectivity index (χ3v) is 4.23. The van der Waals surface area contributed by atoms with E-state index in [1.807, 2.05) is 44.3 Å². The molecule has 0 spiro atoms. The maximum atomic E-state index is 5.95. The van der Waals surface area contributed by atoms with Crippen molar-refractivity contribution in [3.8, 4) is 11.6 Å². The molecule has 5 nitrogen and oxygen atoms in total. The lowest BCUT2D eigenvalue weighted by Gasteiger charge is -2.12. The first kappa shape index (κ1) is 18.3. The van der Waals surface area contributed by atoms with Crippen molar-refractivity contribution in [3.63, 3.8) is 0 Å². The molecule has 0 atom stereocenters. The quantitative estimate of drug-likeness (QED) is 0.318. The molecule has 0 aliphatic rings. The molecule has 0 amide bonds. The fraction of sp³-hybridized carbons (Fsp3) is 0.389. The summed E-state index contributed by atoms with van der Waals surface area (Å²) in [7, 11) is 2.00. The van der Waals surface area contributed by atoms with E-state index in [4.69, 9.17) is 4.74 Å². The second-order valence-corrected chi connectivity index (χ2v) is 6.67. The molecule has 0 saturated heterocycles. The van der Waals surface area contributed by atoms with Crippen molar-refractivity contribution in [3.05, 3.63) is 35.5 Å². The molecule has 0 saturated carbocycles. The summed E-state index contributed by atoms with van der Waals surface area (Å²) in [6.07, 6.45) is 3.57. The average molecular weight is 344 g/mol. The summed E-state index contributed by atoms with van der Waals surface area (Å²) in [5, 5.41) is 0.730. The van der Waals surface area contributed by atoms with Crippen molar-refractivity contribution in [1.29, 1.82) is 0 Å². The van der Waals surface area contributed by atoms with E-state index in [9.17, 15) is 0 Å². The number of thioether (sulfide) groups is 1. The zero-order chi connectivity index (χ0) is 17.5. The second kappa shape index (κ2) is 8.68. The number of hydrogen-bond acceptors (Lipinski definition) is 5. The van der Waals surface area contributed by atoms with E-state index in [2.05, 4.69) is 28.8 Å². The second-order valence-electron chi connectivity index (χ2n) is 5.43. The number of benzene rings is 1. The van der Waals surface area contributed by atoms with Crippen LogP contribution in [-0.2, 0) is 0 Å². The molecule has 1 aromatic carbocycles. The molecule has 0 unspecified atom stereocenters. The molecular weight excluding hydrogens is 320 g/mol. The fourth-order valence-corrected chi connectivity index (χ4v) is 2.51. The summed E-state index contributed by atoms with van der Waals surface area (Å²) in [5.74, 6) is 2.28. The van der Waals surface area contributed by atoms with Gasteiger partial charge in [-0.3, -0.25) is 0 Å². The smallest absolute Gasteiger partial charge is 0.223 e. The van der Waals surface area contributed by atoms with Crippen LogP contribution in [0.1, 0.15) is 25.0 Å². The van der Waals surface area contributed by atoms with Gasteiger partial charge in [0.15, 0.2) is 5.16 Å². The highest BCUT2D eigenvalue weighted by atomic mass is 32.2. The molecule has 0 bridgehead atoms. The lowest BCUT2D eigenvalue weighted by Crippen LogP contribution is -2.14. The highest BCUT2D eigenvalue weighted by molar-refractivity contribution is 7.99. The highest BCUT2D eigenvalue weighted by Crippen LogP contribution is 2.31. The van der Waals surface area contributed by atoms with Gasteiger partial charge in [-0.25, -0.2) is 9.98 Å². The van der Waals surface area contributed by atoms with E-state index in [0.29, 0.717) is 5.88 Å². The minimum absolute atomic E-state index is 0.561. The van der Waals surface area contributed by atoms with Gasteiger partial charge in [0.2, 0.25) is 5.88 Å². The number of nitrogens with zero attached hydrogens (tertiary/aromatic N) is 4. The summed E-state index contributed by atoms with van der Waals surface area (Å²) < 4.78 is 5.95. The van der Waals surface area contributed by atoms with Crippen molar-refractivity contribution in [1.82, 2.24) is 14.9 Å². The molecular formula is C18H24N4OS. The van der Waals surface area contributed by atoms with Crippen molar-refractivity contribution >= 4 is 23.8 Å². The first-order valence-electron chi connectivity index (χ1n) is 8.02. The van der Waals surface area contributed by atoms with Crippen molar-refractivity contribution in [2.24, 2.45) is 4.99 Å². The molecule has 2 rings (SSSR count). The Kier molecular flexibility index (Phi) is 6.61. The first-order chi connectivity index (χ1) is 11.5. The van der Waals surface area contributed by atoms with Crippen LogP contribution in [0, 0.1) is 13.8 Å². The normalized spacial score (nSPS) is 11.0. The minimum Gasteiger partial charge on any atom is -0.439 e. The fourth-order valence-electron chi connectivity index (χ4n) is 1.96. The van der Waals surface area contributed by atoms with Gasteiger partial charge in [-0.05, 0) is 49.8 Å². The van der Waals surface area contributed by atoms with Crippen LogP contribution in [0.25, 0.3) is 0 Å². The van der Waals surface area contributed by atoms with E-state index in [1.165, 1.54) is 0 Å². The third kappa shape index (κ3) is 4.96. The molecule has 0 fully saturated rings. The number of ether oxygens (including phenoxy) is 1. The van der Waals surface area contributed by atoms with Gasteiger partial charge < -0.3 is 9.64 Å². The standard InChI is InChI=1S/C18H24N4OS/c1-6-22(5)12-20-15-10-14(4)16(11-13(15)3)23-17-8-9-19-18(21-17)24-7-2/h8-12H,6-7H2,1-5H3. The monoisotopic (exact) mass is 344 g/mol. The highest BCUT2D eigenvalue weighted by Gasteiger charge is 2.08. The molecule has 0 aliphatic carbocycles. The molecule has 0 aliphatic heterocycles. The Balaban J connectivity index is 2.21. The Hall–Kier alpha value is -2.08. The van der Waals surface area contributed by atoms with Crippen LogP contribution in [0.15, 0.2) is 34.5 Å². The van der Waals surface area contributed by atoms with E-state index >= 15 is 0 Å². The van der Waals surface area contributed by atoms with Crippen molar-refractivity contribution in [2.45, 2.75) is 32.9 Å². The molecule has 24 heavy (non-hydrogen) atoms. The molecule has 0 radical (unpaired) electrons. The van der Waals surface area contributed by atoms with Gasteiger partial charge in [-0.15, -0.1) is 0 Å². The minimum atomic E-state index is 0.561. The van der Waals surface area contributed by atoms with E-state index in [0.717, 1.165) is 40.0 Å². The maximum Gasteiger partial charge on any atom is 0.223 e. The van der Waals surface area contributed by atoms with Crippen LogP contribution in [0.4, 0.5) is 5.69 Å². The Morgan fingerprint density at radius 3 is 2.75 bits per heavy atom. The lowest BCUT2D eigenvalue weighted by molar-refractivity contribution is 0.452. The largest absolute Gasteiger partial charge is 0.439 e. The summed E-state index contributed by atoms with van der Waals surface area (Å²) in [6, 6.07) is 5.81. The number of rotatable bonds is 7. The van der Waals surface area contributed by atoms with Gasteiger partial charge in [0.25, 0.3) is 0 Å². The van der Waals surface area contributed by atoms with Gasteiger partial charge in [0, 0.05) is 25.9 Å². The van der Waals surface area contributed by atoms with Gasteiger partial charge in [-0.1, -0.05) is 18.7 Å². The van der Waals surface area contributed by atoms with E-state index in [-0.39, 0.29) is 0 Å². The van der Waals surface area contributed by atoms with Crippen LogP contribution < -0.4 is 4.74 Å². The Morgan fingerprint density at radius 2 is 2.04 bits per heavy atom. The molecule has 1 aromatic heterocycles. The average Bonchev–Trinajstić information content (AvgIpc) is 2.57. The molecule has 2 aromatic rings. The third-order valence-electron chi connectivity index (χ3n) is 3.48. The van der Waals surface area contributed by atoms with Crippen molar-refractivity contribution in [2.75, 3.05) is 19.3 Å². The summed E-state index contributed by atoms with van der Waals surface area (Å²) in [5.41, 5.74) is 3.04. The predicted molar refractivity (Wildman–Crippen MR) is 101 cm³/mol. The summed E-state index contributed by atoms with van der Waals surface area (Å²) >= 11 is 1.60. The van der Waals surface area contributed by atoms with Crippen LogP contribution >= 0.6 is 11.8 Å². The van der Waals surface area contributed by atoms with Crippen LogP contribution in [0.5, 0.6) is 11.6 Å². The molecule has 0 N–H and O–H groups in total. The topological polar surface area (TPSA) is 50.6 Å². The predicted octanol–water partition coefficient (Wildman–Crippen LogP) is 4.61. The number of aryl methyl sites for hydroxylation is 2. The maximum absolute atomic E-state index is 5.95. The molecule has 128 valence electrons. The zero-order valence-corrected chi connectivity index (χ0v) is 15.7. The van der Waals surface area contributed by atoms with E-state index in [1.54, 1.807) is 24.0 Å². The number of aliphatic imine (C=N–C) groups is 1. The zero-order valence-electron chi connectivity index (χ0n) is 14.9. The first-order valence-corrected chi connectivity index (χ1v) is 9.01. The lowest BCUT2D eigenvalue weighted by atomic mass is 10.1. The molecule has 1 heterocycles. The van der Waals surface area contributed by atoms with Crippen LogP contribution in [-0.4, -0.2) is 40.6 Å². The number of hydrogen-bond donors (Lipinski definition) is 0. The van der Waals surface area contributed by atoms with Crippen molar-refractivity contribution < 1.29 is 4.74 Å². The van der Waals surface area contributed by atoms with Crippen LogP contribution in [0.3, 0.4) is 0 Å². The Morgan fingerprint density at radius 1 is 1.25 bits per heavy atom. The van der Waals surface area contributed by atoms with Crippen LogP contribution in [0.2, 0.25) is 0 Å². The van der Waals surface area contributed by atoms with Gasteiger partial charge in [0.1, 0.15) is 5.75 Å². The Bertz CT molecular complexity index is 718. The summed E-state index contributed by atoms with van der Waals surface area (Å²) in [6.45, 7) is 9.14. The van der Waals surface area contributed by atoms with Gasteiger partial charge in [-0.2, -0.15) is 4.98 Å². The van der Waals surface area contributed by atoms with E-state index < -0.39 is 0 Å².